The molecule has 0 aliphatic heterocycles. The molecule has 0 saturated carbocycles. The molecule has 1 rings (SSSR count). The van der Waals surface area contributed by atoms with Gasteiger partial charge < -0.3 is 20.3 Å². The highest BCUT2D eigenvalue weighted by molar-refractivity contribution is 5.93. The average Bonchev–Trinajstić information content (AvgIpc) is 2.36. The predicted octanol–water partition coefficient (Wildman–Crippen LogP) is 1.56. The SMILES string of the molecule is CC(C)Oc1ccccc1NC(=O)CNCCN(C)C. The number of rotatable bonds is 8. The van der Waals surface area contributed by atoms with Crippen LogP contribution in [-0.2, 0) is 4.79 Å². The van der Waals surface area contributed by atoms with E-state index in [0.717, 1.165) is 13.1 Å². The first-order valence-corrected chi connectivity index (χ1v) is 6.90. The molecule has 1 aromatic carbocycles. The largest absolute Gasteiger partial charge is 0.489 e. The molecule has 0 atom stereocenters. The maximum atomic E-state index is 11.9. The van der Waals surface area contributed by atoms with Crippen LogP contribution in [0.1, 0.15) is 13.8 Å². The highest BCUT2D eigenvalue weighted by Gasteiger charge is 2.08. The summed E-state index contributed by atoms with van der Waals surface area (Å²) in [5.74, 6) is 0.632. The number of nitrogens with one attached hydrogen (secondary N) is 2. The molecule has 5 heteroatoms. The molecule has 0 bridgehead atoms. The Labute approximate surface area is 121 Å². The molecule has 0 fully saturated rings. The highest BCUT2D eigenvalue weighted by atomic mass is 16.5. The predicted molar refractivity (Wildman–Crippen MR) is 82.3 cm³/mol. The van der Waals surface area contributed by atoms with Crippen LogP contribution in [0.15, 0.2) is 24.3 Å². The Bertz CT molecular complexity index is 419. The van der Waals surface area contributed by atoms with Gasteiger partial charge in [0.05, 0.1) is 18.3 Å². The number of ether oxygens (including phenoxy) is 1. The van der Waals surface area contributed by atoms with Gasteiger partial charge in [0.1, 0.15) is 5.75 Å². The van der Waals surface area contributed by atoms with Crippen LogP contribution in [0.25, 0.3) is 0 Å². The number of amides is 1. The van der Waals surface area contributed by atoms with Crippen LogP contribution in [0, 0.1) is 0 Å². The van der Waals surface area contributed by atoms with Gasteiger partial charge >= 0.3 is 0 Å². The zero-order chi connectivity index (χ0) is 15.0. The van der Waals surface area contributed by atoms with Gasteiger partial charge in [-0.3, -0.25) is 4.79 Å². The topological polar surface area (TPSA) is 53.6 Å². The second kappa shape index (κ2) is 8.55. The number of para-hydroxylation sites is 2. The van der Waals surface area contributed by atoms with Crippen molar-refractivity contribution in [2.45, 2.75) is 20.0 Å². The van der Waals surface area contributed by atoms with Gasteiger partial charge in [0.25, 0.3) is 0 Å². The number of hydrogen-bond donors (Lipinski definition) is 2. The van der Waals surface area contributed by atoms with E-state index in [0.29, 0.717) is 18.0 Å². The van der Waals surface area contributed by atoms with Crippen LogP contribution in [0.5, 0.6) is 5.75 Å². The normalized spacial score (nSPS) is 10.9. The summed E-state index contributed by atoms with van der Waals surface area (Å²) in [7, 11) is 4.00. The van der Waals surface area contributed by atoms with Crippen LogP contribution in [0.4, 0.5) is 5.69 Å². The Kier molecular flexibility index (Phi) is 7.04. The third-order valence-electron chi connectivity index (χ3n) is 2.55. The zero-order valence-corrected chi connectivity index (χ0v) is 12.8. The van der Waals surface area contributed by atoms with Crippen molar-refractivity contribution >= 4 is 11.6 Å². The Morgan fingerprint density at radius 1 is 1.30 bits per heavy atom. The molecule has 0 spiro atoms. The quantitative estimate of drug-likeness (QED) is 0.709. The van der Waals surface area contributed by atoms with Gasteiger partial charge in [0.15, 0.2) is 0 Å². The van der Waals surface area contributed by atoms with Crippen molar-refractivity contribution in [1.29, 1.82) is 0 Å². The van der Waals surface area contributed by atoms with E-state index in [1.54, 1.807) is 0 Å². The third-order valence-corrected chi connectivity index (χ3v) is 2.55. The van der Waals surface area contributed by atoms with E-state index in [-0.39, 0.29) is 12.0 Å². The fourth-order valence-corrected chi connectivity index (χ4v) is 1.63. The van der Waals surface area contributed by atoms with Crippen molar-refractivity contribution in [3.8, 4) is 5.75 Å². The van der Waals surface area contributed by atoms with Gasteiger partial charge in [0.2, 0.25) is 5.91 Å². The number of likely N-dealkylation sites (N-methyl/N-ethyl adjacent to an activating group) is 1. The summed E-state index contributed by atoms with van der Waals surface area (Å²) >= 11 is 0. The molecule has 0 aliphatic rings. The standard InChI is InChI=1S/C15H25N3O2/c1-12(2)20-14-8-6-5-7-13(14)17-15(19)11-16-9-10-18(3)4/h5-8,12,16H,9-11H2,1-4H3,(H,17,19). The van der Waals surface area contributed by atoms with Crippen molar-refractivity contribution in [1.82, 2.24) is 10.2 Å². The number of carbonyl (C=O) groups is 1. The molecule has 0 radical (unpaired) electrons. The molecule has 0 aliphatic carbocycles. The fourth-order valence-electron chi connectivity index (χ4n) is 1.63. The first-order valence-electron chi connectivity index (χ1n) is 6.90. The lowest BCUT2D eigenvalue weighted by atomic mass is 10.3. The lowest BCUT2D eigenvalue weighted by molar-refractivity contribution is -0.115. The van der Waals surface area contributed by atoms with Gasteiger partial charge in [-0.2, -0.15) is 0 Å². The summed E-state index contributed by atoms with van der Waals surface area (Å²) in [5.41, 5.74) is 0.709. The third kappa shape index (κ3) is 6.54. The second-order valence-corrected chi connectivity index (χ2v) is 5.19. The minimum absolute atomic E-state index is 0.0661. The lowest BCUT2D eigenvalue weighted by Gasteiger charge is -2.15. The van der Waals surface area contributed by atoms with E-state index in [4.69, 9.17) is 4.74 Å². The molecule has 1 amide bonds. The van der Waals surface area contributed by atoms with Crippen LogP contribution >= 0.6 is 0 Å². The first-order chi connectivity index (χ1) is 9.49. The lowest BCUT2D eigenvalue weighted by Crippen LogP contribution is -2.33. The van der Waals surface area contributed by atoms with Crippen molar-refractivity contribution in [2.24, 2.45) is 0 Å². The Morgan fingerprint density at radius 3 is 2.65 bits per heavy atom. The number of benzene rings is 1. The zero-order valence-electron chi connectivity index (χ0n) is 12.8. The maximum absolute atomic E-state index is 11.9. The molecule has 5 nitrogen and oxygen atoms in total. The monoisotopic (exact) mass is 279 g/mol. The van der Waals surface area contributed by atoms with E-state index >= 15 is 0 Å². The minimum Gasteiger partial charge on any atom is -0.489 e. The van der Waals surface area contributed by atoms with E-state index in [1.165, 1.54) is 0 Å². The van der Waals surface area contributed by atoms with Gasteiger partial charge in [-0.05, 0) is 40.1 Å². The Balaban J connectivity index is 2.45. The first kappa shape index (κ1) is 16.5. The van der Waals surface area contributed by atoms with E-state index in [2.05, 4.69) is 15.5 Å². The number of hydrogen-bond acceptors (Lipinski definition) is 4. The summed E-state index contributed by atoms with van der Waals surface area (Å²) < 4.78 is 5.66. The number of nitrogens with zero attached hydrogens (tertiary/aromatic N) is 1. The molecular weight excluding hydrogens is 254 g/mol. The van der Waals surface area contributed by atoms with Crippen LogP contribution in [-0.4, -0.2) is 50.6 Å². The molecule has 0 unspecified atom stereocenters. The number of carbonyl (C=O) groups excluding carboxylic acids is 1. The van der Waals surface area contributed by atoms with Crippen molar-refractivity contribution < 1.29 is 9.53 Å². The maximum Gasteiger partial charge on any atom is 0.238 e. The molecule has 112 valence electrons. The van der Waals surface area contributed by atoms with E-state index < -0.39 is 0 Å². The van der Waals surface area contributed by atoms with Gasteiger partial charge in [-0.1, -0.05) is 12.1 Å². The smallest absolute Gasteiger partial charge is 0.238 e. The summed E-state index contributed by atoms with van der Waals surface area (Å²) in [5, 5.41) is 5.97. The fraction of sp³-hybridized carbons (Fsp3) is 0.533. The second-order valence-electron chi connectivity index (χ2n) is 5.19. The molecule has 20 heavy (non-hydrogen) atoms. The van der Waals surface area contributed by atoms with Crippen LogP contribution in [0.2, 0.25) is 0 Å². The van der Waals surface area contributed by atoms with E-state index in [9.17, 15) is 4.79 Å². The van der Waals surface area contributed by atoms with E-state index in [1.807, 2.05) is 52.2 Å². The van der Waals surface area contributed by atoms with Crippen LogP contribution in [0.3, 0.4) is 0 Å². The molecule has 0 heterocycles. The van der Waals surface area contributed by atoms with Crippen molar-refractivity contribution in [2.75, 3.05) is 39.0 Å². The number of anilines is 1. The molecule has 0 aromatic heterocycles. The van der Waals surface area contributed by atoms with Gasteiger partial charge in [-0.25, -0.2) is 0 Å². The van der Waals surface area contributed by atoms with Gasteiger partial charge in [0, 0.05) is 13.1 Å². The Hall–Kier alpha value is -1.59. The molecular formula is C15H25N3O2. The molecule has 2 N–H and O–H groups in total. The summed E-state index contributed by atoms with van der Waals surface area (Å²) in [4.78, 5) is 13.9. The molecule has 0 saturated heterocycles. The van der Waals surface area contributed by atoms with Crippen LogP contribution < -0.4 is 15.4 Å². The average molecular weight is 279 g/mol. The van der Waals surface area contributed by atoms with Crippen molar-refractivity contribution in [3.63, 3.8) is 0 Å². The summed E-state index contributed by atoms with van der Waals surface area (Å²) in [6, 6.07) is 7.47. The van der Waals surface area contributed by atoms with Crippen molar-refractivity contribution in [3.05, 3.63) is 24.3 Å². The highest BCUT2D eigenvalue weighted by Crippen LogP contribution is 2.24. The summed E-state index contributed by atoms with van der Waals surface area (Å²) in [6.45, 7) is 5.90. The molecule has 1 aromatic rings. The minimum atomic E-state index is -0.0661. The Morgan fingerprint density at radius 2 is 2.00 bits per heavy atom. The van der Waals surface area contributed by atoms with Gasteiger partial charge in [-0.15, -0.1) is 0 Å². The summed E-state index contributed by atoms with van der Waals surface area (Å²) in [6.07, 6.45) is 0.0752.